The number of rotatable bonds is 21. The smallest absolute Gasteiger partial charge is 0.0351 e. The van der Waals surface area contributed by atoms with Crippen molar-refractivity contribution in [1.29, 1.82) is 0 Å². The van der Waals surface area contributed by atoms with Crippen LogP contribution in [0.25, 0.3) is 0 Å². The fourth-order valence-electron chi connectivity index (χ4n) is 3.56. The molecule has 0 amide bonds. The zero-order valence-electron chi connectivity index (χ0n) is 18.0. The van der Waals surface area contributed by atoms with Crippen molar-refractivity contribution >= 4 is 0 Å². The van der Waals surface area contributed by atoms with Gasteiger partial charge < -0.3 is 0 Å². The van der Waals surface area contributed by atoms with E-state index in [0.29, 0.717) is 0 Å². The van der Waals surface area contributed by atoms with Crippen LogP contribution in [0.2, 0.25) is 0 Å². The molecule has 0 rings (SSSR count). The van der Waals surface area contributed by atoms with Crippen LogP contribution in [-0.2, 0) is 0 Å². The summed E-state index contributed by atoms with van der Waals surface area (Å²) in [7, 11) is 0. The highest BCUT2D eigenvalue weighted by molar-refractivity contribution is 4.81. The van der Waals surface area contributed by atoms with Gasteiger partial charge in [0.25, 0.3) is 0 Å². The van der Waals surface area contributed by atoms with Crippen molar-refractivity contribution in [3.63, 3.8) is 0 Å². The Bertz CT molecular complexity index is 240. The first-order valence-corrected chi connectivity index (χ1v) is 12.1. The van der Waals surface area contributed by atoms with E-state index in [2.05, 4.69) is 26.0 Å². The van der Waals surface area contributed by atoms with Crippen LogP contribution in [-0.4, -0.2) is 0 Å². The third-order valence-corrected chi connectivity index (χ3v) is 5.37. The van der Waals surface area contributed by atoms with Crippen molar-refractivity contribution in [1.82, 2.24) is 0 Å². The van der Waals surface area contributed by atoms with Gasteiger partial charge in [0.1, 0.15) is 0 Å². The zero-order chi connectivity index (χ0) is 18.3. The molecular formula is C25H50. The van der Waals surface area contributed by atoms with Crippen LogP contribution in [0.4, 0.5) is 0 Å². The molecule has 0 aromatic heterocycles. The van der Waals surface area contributed by atoms with Crippen molar-refractivity contribution in [3.8, 4) is 0 Å². The van der Waals surface area contributed by atoms with Gasteiger partial charge in [-0.25, -0.2) is 0 Å². The van der Waals surface area contributed by atoms with Crippen LogP contribution >= 0.6 is 0 Å². The predicted octanol–water partition coefficient (Wildman–Crippen LogP) is 9.77. The molecule has 0 aliphatic rings. The van der Waals surface area contributed by atoms with Crippen LogP contribution in [0, 0.1) is 0 Å². The minimum absolute atomic E-state index is 1.30. The summed E-state index contributed by atoms with van der Waals surface area (Å²) in [6.07, 6.45) is 34.9. The summed E-state index contributed by atoms with van der Waals surface area (Å²) >= 11 is 0. The lowest BCUT2D eigenvalue weighted by molar-refractivity contribution is 0.530. The van der Waals surface area contributed by atoms with Crippen molar-refractivity contribution in [2.24, 2.45) is 0 Å². The largest absolute Gasteiger partial charge is 0.0885 e. The van der Waals surface area contributed by atoms with Gasteiger partial charge in [-0.2, -0.15) is 0 Å². The Balaban J connectivity index is 3.00. The average Bonchev–Trinajstić information content (AvgIpc) is 2.63. The lowest BCUT2D eigenvalue weighted by atomic mass is 10.0. The topological polar surface area (TPSA) is 0 Å². The highest BCUT2D eigenvalue weighted by Gasteiger charge is 1.94. The van der Waals surface area contributed by atoms with E-state index in [-0.39, 0.29) is 0 Å². The first kappa shape index (κ1) is 24.7. The molecule has 0 unspecified atom stereocenters. The van der Waals surface area contributed by atoms with Gasteiger partial charge in [0.05, 0.1) is 0 Å². The third kappa shape index (κ3) is 23.7. The second-order valence-electron chi connectivity index (χ2n) is 8.06. The van der Waals surface area contributed by atoms with Gasteiger partial charge in [-0.05, 0) is 25.7 Å². The molecule has 0 aliphatic carbocycles. The lowest BCUT2D eigenvalue weighted by Gasteiger charge is -2.03. The Hall–Kier alpha value is -0.260. The van der Waals surface area contributed by atoms with E-state index in [4.69, 9.17) is 0 Å². The Morgan fingerprint density at radius 1 is 0.320 bits per heavy atom. The maximum atomic E-state index is 2.42. The van der Waals surface area contributed by atoms with Crippen LogP contribution in [0.1, 0.15) is 149 Å². The summed E-state index contributed by atoms with van der Waals surface area (Å²) in [6, 6.07) is 0. The van der Waals surface area contributed by atoms with Gasteiger partial charge >= 0.3 is 0 Å². The first-order valence-electron chi connectivity index (χ1n) is 12.1. The van der Waals surface area contributed by atoms with Gasteiger partial charge in [0.15, 0.2) is 0 Å². The minimum atomic E-state index is 1.30. The summed E-state index contributed by atoms with van der Waals surface area (Å²) < 4.78 is 0. The van der Waals surface area contributed by atoms with Crippen molar-refractivity contribution in [2.75, 3.05) is 0 Å². The van der Waals surface area contributed by atoms with Crippen LogP contribution in [0.5, 0.6) is 0 Å². The predicted molar refractivity (Wildman–Crippen MR) is 117 cm³/mol. The van der Waals surface area contributed by atoms with Crippen molar-refractivity contribution in [2.45, 2.75) is 149 Å². The Kier molecular flexibility index (Phi) is 23.5. The summed E-state index contributed by atoms with van der Waals surface area (Å²) in [4.78, 5) is 0. The molecule has 0 saturated carbocycles. The van der Waals surface area contributed by atoms with E-state index in [1.54, 1.807) is 0 Å². The van der Waals surface area contributed by atoms with Crippen LogP contribution in [0.15, 0.2) is 12.2 Å². The molecule has 0 aromatic carbocycles. The normalized spacial score (nSPS) is 11.6. The number of unbranched alkanes of at least 4 members (excludes halogenated alkanes) is 19. The summed E-state index contributed by atoms with van der Waals surface area (Å²) in [5.41, 5.74) is 0. The van der Waals surface area contributed by atoms with Gasteiger partial charge in [0, 0.05) is 0 Å². The van der Waals surface area contributed by atoms with Crippen molar-refractivity contribution in [3.05, 3.63) is 12.2 Å². The molecule has 0 fully saturated rings. The third-order valence-electron chi connectivity index (χ3n) is 5.37. The fourth-order valence-corrected chi connectivity index (χ4v) is 3.56. The molecule has 25 heavy (non-hydrogen) atoms. The van der Waals surface area contributed by atoms with Gasteiger partial charge in [0.2, 0.25) is 0 Å². The van der Waals surface area contributed by atoms with E-state index in [9.17, 15) is 0 Å². The molecule has 0 heteroatoms. The minimum Gasteiger partial charge on any atom is -0.0885 e. The van der Waals surface area contributed by atoms with E-state index < -0.39 is 0 Å². The lowest BCUT2D eigenvalue weighted by Crippen LogP contribution is -1.83. The molecule has 0 saturated heterocycles. The molecule has 0 spiro atoms. The summed E-state index contributed by atoms with van der Waals surface area (Å²) in [5.74, 6) is 0. The summed E-state index contributed by atoms with van der Waals surface area (Å²) in [6.45, 7) is 4.58. The van der Waals surface area contributed by atoms with Gasteiger partial charge in [-0.1, -0.05) is 135 Å². The Labute approximate surface area is 161 Å². The monoisotopic (exact) mass is 350 g/mol. The second-order valence-corrected chi connectivity index (χ2v) is 8.06. The van der Waals surface area contributed by atoms with Gasteiger partial charge in [-0.15, -0.1) is 0 Å². The highest BCUT2D eigenvalue weighted by atomic mass is 14.0. The molecule has 0 atom stereocenters. The average molecular weight is 351 g/mol. The molecule has 0 aliphatic heterocycles. The Morgan fingerprint density at radius 2 is 0.560 bits per heavy atom. The van der Waals surface area contributed by atoms with E-state index >= 15 is 0 Å². The van der Waals surface area contributed by atoms with Crippen LogP contribution in [0.3, 0.4) is 0 Å². The standard InChI is InChI=1S/C25H50/c1-3-5-7-9-11-13-15-17-19-21-23-25-24-22-20-18-16-14-12-10-8-6-4-2/h11,13H,3-10,12,14-25H2,1-2H3. The fraction of sp³-hybridized carbons (Fsp3) is 0.920. The van der Waals surface area contributed by atoms with E-state index in [0.717, 1.165) is 0 Å². The van der Waals surface area contributed by atoms with Crippen molar-refractivity contribution < 1.29 is 0 Å². The molecular weight excluding hydrogens is 300 g/mol. The second kappa shape index (κ2) is 23.7. The highest BCUT2D eigenvalue weighted by Crippen LogP contribution is 2.14. The Morgan fingerprint density at radius 3 is 0.920 bits per heavy atom. The first-order chi connectivity index (χ1) is 12.4. The molecule has 0 heterocycles. The zero-order valence-corrected chi connectivity index (χ0v) is 18.0. The number of hydrogen-bond donors (Lipinski definition) is 0. The van der Waals surface area contributed by atoms with E-state index in [1.807, 2.05) is 0 Å². The van der Waals surface area contributed by atoms with Gasteiger partial charge in [-0.3, -0.25) is 0 Å². The molecule has 0 radical (unpaired) electrons. The molecule has 150 valence electrons. The molecule has 0 aromatic rings. The molecule has 0 bridgehead atoms. The molecule has 0 nitrogen and oxygen atoms in total. The SMILES string of the molecule is CCCCCC=CCCCCCCCCCCCCCCCCCC. The quantitative estimate of drug-likeness (QED) is 0.143. The summed E-state index contributed by atoms with van der Waals surface area (Å²) in [5, 5.41) is 0. The maximum Gasteiger partial charge on any atom is -0.0351 e. The maximum absolute atomic E-state index is 2.42. The molecule has 0 N–H and O–H groups in total. The van der Waals surface area contributed by atoms with Crippen LogP contribution < -0.4 is 0 Å². The van der Waals surface area contributed by atoms with E-state index in [1.165, 1.54) is 135 Å². The number of allylic oxidation sites excluding steroid dienone is 2. The number of hydrogen-bond acceptors (Lipinski definition) is 0.